The van der Waals surface area contributed by atoms with Crippen LogP contribution in [0.3, 0.4) is 0 Å². The maximum Gasteiger partial charge on any atom is 0.407 e. The molecule has 15 heavy (non-hydrogen) atoms. The zero-order chi connectivity index (χ0) is 11.5. The predicted octanol–water partition coefficient (Wildman–Crippen LogP) is 3.09. The van der Waals surface area contributed by atoms with Gasteiger partial charge in [-0.1, -0.05) is 12.8 Å². The van der Waals surface area contributed by atoms with Gasteiger partial charge >= 0.3 is 6.09 Å². The molecular formula is C12H23NO2. The zero-order valence-corrected chi connectivity index (χ0v) is 10.3. The maximum atomic E-state index is 11.5. The van der Waals surface area contributed by atoms with Crippen molar-refractivity contribution in [1.29, 1.82) is 0 Å². The average molecular weight is 213 g/mol. The molecule has 0 bridgehead atoms. The Kier molecular flexibility index (Phi) is 4.00. The van der Waals surface area contributed by atoms with Crippen molar-refractivity contribution in [3.8, 4) is 0 Å². The summed E-state index contributed by atoms with van der Waals surface area (Å²) in [5.41, 5.74) is -0.403. The molecule has 0 heterocycles. The molecule has 0 saturated heterocycles. The van der Waals surface area contributed by atoms with E-state index in [0.29, 0.717) is 5.92 Å². The summed E-state index contributed by atoms with van der Waals surface area (Å²) >= 11 is 0. The van der Waals surface area contributed by atoms with E-state index in [9.17, 15) is 4.79 Å². The molecule has 0 aromatic rings. The molecule has 0 aromatic heterocycles. The van der Waals surface area contributed by atoms with E-state index in [1.807, 2.05) is 20.8 Å². The predicted molar refractivity (Wildman–Crippen MR) is 60.8 cm³/mol. The highest BCUT2D eigenvalue weighted by molar-refractivity contribution is 5.68. The molecule has 1 saturated carbocycles. The van der Waals surface area contributed by atoms with Crippen LogP contribution in [-0.2, 0) is 4.74 Å². The molecule has 3 nitrogen and oxygen atoms in total. The third-order valence-electron chi connectivity index (χ3n) is 2.85. The van der Waals surface area contributed by atoms with Crippen LogP contribution in [0.15, 0.2) is 0 Å². The van der Waals surface area contributed by atoms with Crippen molar-refractivity contribution in [1.82, 2.24) is 5.32 Å². The van der Waals surface area contributed by atoms with E-state index in [0.717, 1.165) is 0 Å². The first-order chi connectivity index (χ1) is 6.88. The van der Waals surface area contributed by atoms with Gasteiger partial charge < -0.3 is 10.1 Å². The van der Waals surface area contributed by atoms with Gasteiger partial charge in [-0.15, -0.1) is 0 Å². The highest BCUT2D eigenvalue weighted by atomic mass is 16.6. The molecular weight excluding hydrogens is 190 g/mol. The second-order valence-electron chi connectivity index (χ2n) is 5.48. The van der Waals surface area contributed by atoms with Gasteiger partial charge in [0.15, 0.2) is 0 Å². The van der Waals surface area contributed by atoms with Crippen LogP contribution < -0.4 is 5.32 Å². The molecule has 1 fully saturated rings. The fraction of sp³-hybridized carbons (Fsp3) is 0.917. The molecule has 88 valence electrons. The molecule has 1 atom stereocenters. The molecule has 0 radical (unpaired) electrons. The van der Waals surface area contributed by atoms with Gasteiger partial charge in [0.1, 0.15) is 5.60 Å². The van der Waals surface area contributed by atoms with E-state index in [-0.39, 0.29) is 12.1 Å². The van der Waals surface area contributed by atoms with Crippen molar-refractivity contribution < 1.29 is 9.53 Å². The Labute approximate surface area is 92.6 Å². The highest BCUT2D eigenvalue weighted by Crippen LogP contribution is 2.27. The van der Waals surface area contributed by atoms with E-state index in [1.54, 1.807) is 0 Å². The van der Waals surface area contributed by atoms with Crippen molar-refractivity contribution in [3.63, 3.8) is 0 Å². The minimum atomic E-state index is -0.403. The maximum absolute atomic E-state index is 11.5. The van der Waals surface area contributed by atoms with Gasteiger partial charge in [0, 0.05) is 6.04 Å². The normalized spacial score (nSPS) is 20.0. The van der Waals surface area contributed by atoms with Crippen LogP contribution in [0.1, 0.15) is 53.4 Å². The summed E-state index contributed by atoms with van der Waals surface area (Å²) in [5, 5.41) is 2.92. The minimum Gasteiger partial charge on any atom is -0.444 e. The molecule has 1 rings (SSSR count). The van der Waals surface area contributed by atoms with Crippen LogP contribution in [0.25, 0.3) is 0 Å². The van der Waals surface area contributed by atoms with Crippen LogP contribution in [0.5, 0.6) is 0 Å². The van der Waals surface area contributed by atoms with Gasteiger partial charge in [-0.25, -0.2) is 4.79 Å². The van der Waals surface area contributed by atoms with Gasteiger partial charge in [-0.05, 0) is 46.5 Å². The molecule has 0 unspecified atom stereocenters. The topological polar surface area (TPSA) is 38.3 Å². The van der Waals surface area contributed by atoms with Gasteiger partial charge in [-0.2, -0.15) is 0 Å². The first-order valence-corrected chi connectivity index (χ1v) is 5.88. The lowest BCUT2D eigenvalue weighted by molar-refractivity contribution is 0.0492. The zero-order valence-electron chi connectivity index (χ0n) is 10.3. The largest absolute Gasteiger partial charge is 0.444 e. The lowest BCUT2D eigenvalue weighted by Gasteiger charge is -2.24. The summed E-state index contributed by atoms with van der Waals surface area (Å²) in [6.45, 7) is 7.71. The number of amides is 1. The second kappa shape index (κ2) is 4.86. The number of ether oxygens (including phenoxy) is 1. The summed E-state index contributed by atoms with van der Waals surface area (Å²) in [4.78, 5) is 11.5. The molecule has 1 amide bonds. The summed E-state index contributed by atoms with van der Waals surface area (Å²) in [5.74, 6) is 0.637. The summed E-state index contributed by atoms with van der Waals surface area (Å²) in [7, 11) is 0. The van der Waals surface area contributed by atoms with Crippen LogP contribution in [0.4, 0.5) is 4.79 Å². The smallest absolute Gasteiger partial charge is 0.407 e. The van der Waals surface area contributed by atoms with E-state index in [4.69, 9.17) is 4.74 Å². The molecule has 0 aliphatic heterocycles. The number of hydrogen-bond donors (Lipinski definition) is 1. The molecule has 3 heteroatoms. The van der Waals surface area contributed by atoms with Crippen LogP contribution in [-0.4, -0.2) is 17.7 Å². The van der Waals surface area contributed by atoms with E-state index in [2.05, 4.69) is 12.2 Å². The number of carbonyl (C=O) groups excluding carboxylic acids is 1. The number of nitrogens with one attached hydrogen (secondary N) is 1. The van der Waals surface area contributed by atoms with Crippen molar-refractivity contribution in [3.05, 3.63) is 0 Å². The van der Waals surface area contributed by atoms with Crippen molar-refractivity contribution >= 4 is 6.09 Å². The molecule has 0 aromatic carbocycles. The molecule has 1 aliphatic rings. The molecule has 1 N–H and O–H groups in total. The van der Waals surface area contributed by atoms with Crippen molar-refractivity contribution in [2.75, 3.05) is 0 Å². The fourth-order valence-corrected chi connectivity index (χ4v) is 2.07. The fourth-order valence-electron chi connectivity index (χ4n) is 2.07. The molecule has 0 spiro atoms. The monoisotopic (exact) mass is 213 g/mol. The Balaban J connectivity index is 2.30. The van der Waals surface area contributed by atoms with Crippen molar-refractivity contribution in [2.24, 2.45) is 5.92 Å². The Hall–Kier alpha value is -0.730. The lowest BCUT2D eigenvalue weighted by Crippen LogP contribution is -2.40. The lowest BCUT2D eigenvalue weighted by atomic mass is 10.0. The van der Waals surface area contributed by atoms with Gasteiger partial charge in [-0.3, -0.25) is 0 Å². The van der Waals surface area contributed by atoms with Gasteiger partial charge in [0.25, 0.3) is 0 Å². The average Bonchev–Trinajstić information content (AvgIpc) is 2.50. The van der Waals surface area contributed by atoms with Gasteiger partial charge in [0.2, 0.25) is 0 Å². The Bertz CT molecular complexity index is 214. The van der Waals surface area contributed by atoms with Crippen LogP contribution in [0.2, 0.25) is 0 Å². The van der Waals surface area contributed by atoms with E-state index in [1.165, 1.54) is 25.7 Å². The Morgan fingerprint density at radius 3 is 2.33 bits per heavy atom. The summed E-state index contributed by atoms with van der Waals surface area (Å²) in [6, 6.07) is 0.238. The quantitative estimate of drug-likeness (QED) is 0.765. The van der Waals surface area contributed by atoms with Crippen LogP contribution in [0, 0.1) is 5.92 Å². The number of hydrogen-bond acceptors (Lipinski definition) is 2. The van der Waals surface area contributed by atoms with Crippen molar-refractivity contribution in [2.45, 2.75) is 65.0 Å². The van der Waals surface area contributed by atoms with E-state index >= 15 is 0 Å². The molecule has 1 aliphatic carbocycles. The first kappa shape index (κ1) is 12.3. The SMILES string of the molecule is C[C@H](NC(=O)OC(C)(C)C)C1CCCC1. The van der Waals surface area contributed by atoms with E-state index < -0.39 is 5.60 Å². The summed E-state index contributed by atoms with van der Waals surface area (Å²) < 4.78 is 5.22. The number of alkyl carbamates (subject to hydrolysis) is 1. The van der Waals surface area contributed by atoms with Gasteiger partial charge in [0.05, 0.1) is 0 Å². The third-order valence-corrected chi connectivity index (χ3v) is 2.85. The second-order valence-corrected chi connectivity index (χ2v) is 5.48. The standard InChI is InChI=1S/C12H23NO2/c1-9(10-7-5-6-8-10)13-11(14)15-12(2,3)4/h9-10H,5-8H2,1-4H3,(H,13,14)/t9-/m0/s1. The highest BCUT2D eigenvalue weighted by Gasteiger charge is 2.24. The number of carbonyl (C=O) groups is 1. The summed E-state index contributed by atoms with van der Waals surface area (Å²) in [6.07, 6.45) is 4.77. The first-order valence-electron chi connectivity index (χ1n) is 5.88. The number of rotatable bonds is 2. The minimum absolute atomic E-state index is 0.238. The third kappa shape index (κ3) is 4.54. The Morgan fingerprint density at radius 1 is 1.33 bits per heavy atom. The van der Waals surface area contributed by atoms with Crippen LogP contribution >= 0.6 is 0 Å². The Morgan fingerprint density at radius 2 is 1.87 bits per heavy atom.